The van der Waals surface area contributed by atoms with E-state index in [2.05, 4.69) is 15.6 Å². The van der Waals surface area contributed by atoms with E-state index in [-0.39, 0.29) is 29.5 Å². The van der Waals surface area contributed by atoms with Gasteiger partial charge in [-0.05, 0) is 50.2 Å². The molecule has 0 spiro atoms. The lowest BCUT2D eigenvalue weighted by Gasteiger charge is -2.17. The lowest BCUT2D eigenvalue weighted by Crippen LogP contribution is -2.29. The second-order valence-electron chi connectivity index (χ2n) is 7.18. The van der Waals surface area contributed by atoms with E-state index in [9.17, 15) is 14.0 Å². The van der Waals surface area contributed by atoms with Crippen molar-refractivity contribution >= 4 is 11.8 Å². The first-order valence-corrected chi connectivity index (χ1v) is 9.55. The summed E-state index contributed by atoms with van der Waals surface area (Å²) in [5.74, 6) is -0.503. The number of hydrogen-bond acceptors (Lipinski definition) is 3. The summed E-state index contributed by atoms with van der Waals surface area (Å²) in [6.45, 7) is 1.00. The lowest BCUT2D eigenvalue weighted by atomic mass is 10.1. The molecule has 27 heavy (non-hydrogen) atoms. The molecule has 1 aliphatic heterocycles. The van der Waals surface area contributed by atoms with Gasteiger partial charge >= 0.3 is 0 Å². The standard InChI is InChI=1S/C20H23FN4O2/c21-15-6-2-1-5-13(15)10-11-22-20(27)18-24-17(19(26)23-14-8-9-14)16-7-3-4-12-25(16)18/h1-2,5-6,14H,3-4,7-12H2,(H,22,27)(H,23,26). The fourth-order valence-corrected chi connectivity index (χ4v) is 3.47. The molecule has 1 aromatic carbocycles. The van der Waals surface area contributed by atoms with Gasteiger partial charge in [0.2, 0.25) is 0 Å². The minimum atomic E-state index is -0.319. The molecule has 2 N–H and O–H groups in total. The lowest BCUT2D eigenvalue weighted by molar-refractivity contribution is 0.0938. The highest BCUT2D eigenvalue weighted by Crippen LogP contribution is 2.23. The van der Waals surface area contributed by atoms with Gasteiger partial charge in [0.15, 0.2) is 5.82 Å². The molecule has 0 atom stereocenters. The highest BCUT2D eigenvalue weighted by molar-refractivity contribution is 5.97. The smallest absolute Gasteiger partial charge is 0.287 e. The molecule has 0 saturated heterocycles. The Hall–Kier alpha value is -2.70. The molecule has 6 nitrogen and oxygen atoms in total. The van der Waals surface area contributed by atoms with E-state index in [0.29, 0.717) is 30.8 Å². The predicted molar refractivity (Wildman–Crippen MR) is 98.1 cm³/mol. The molecule has 0 radical (unpaired) electrons. The number of rotatable bonds is 6. The number of aromatic nitrogens is 2. The van der Waals surface area contributed by atoms with Crippen LogP contribution >= 0.6 is 0 Å². The third-order valence-electron chi connectivity index (χ3n) is 5.09. The molecule has 7 heteroatoms. The number of benzene rings is 1. The second-order valence-corrected chi connectivity index (χ2v) is 7.18. The first-order chi connectivity index (χ1) is 13.1. The van der Waals surface area contributed by atoms with Crippen LogP contribution in [0.1, 0.15) is 58.0 Å². The minimum absolute atomic E-state index is 0.187. The number of amides is 2. The Morgan fingerprint density at radius 2 is 2.00 bits per heavy atom. The van der Waals surface area contributed by atoms with Gasteiger partial charge in [-0.2, -0.15) is 0 Å². The molecule has 142 valence electrons. The molecule has 2 heterocycles. The van der Waals surface area contributed by atoms with Crippen LogP contribution in [0.15, 0.2) is 24.3 Å². The topological polar surface area (TPSA) is 76.0 Å². The molecule has 4 rings (SSSR count). The van der Waals surface area contributed by atoms with Gasteiger partial charge in [-0.3, -0.25) is 9.59 Å². The van der Waals surface area contributed by atoms with E-state index in [1.165, 1.54) is 6.07 Å². The fourth-order valence-electron chi connectivity index (χ4n) is 3.47. The summed E-state index contributed by atoms with van der Waals surface area (Å²) in [6, 6.07) is 6.78. The predicted octanol–water partition coefficient (Wildman–Crippen LogP) is 2.22. The van der Waals surface area contributed by atoms with Crippen molar-refractivity contribution in [1.29, 1.82) is 0 Å². The van der Waals surface area contributed by atoms with Crippen LogP contribution in [0.5, 0.6) is 0 Å². The van der Waals surface area contributed by atoms with Crippen LogP contribution in [-0.2, 0) is 19.4 Å². The Bertz CT molecular complexity index is 873. The van der Waals surface area contributed by atoms with Crippen LogP contribution < -0.4 is 10.6 Å². The normalized spacial score (nSPS) is 15.9. The molecule has 0 unspecified atom stereocenters. The number of carbonyl (C=O) groups is 2. The monoisotopic (exact) mass is 370 g/mol. The summed E-state index contributed by atoms with van der Waals surface area (Å²) in [5, 5.41) is 5.76. The zero-order valence-electron chi connectivity index (χ0n) is 15.1. The van der Waals surface area contributed by atoms with Gasteiger partial charge in [-0.1, -0.05) is 18.2 Å². The zero-order chi connectivity index (χ0) is 18.8. The third-order valence-corrected chi connectivity index (χ3v) is 5.09. The van der Waals surface area contributed by atoms with Gasteiger partial charge in [0.25, 0.3) is 11.8 Å². The number of halogens is 1. The van der Waals surface area contributed by atoms with Crippen LogP contribution in [0.2, 0.25) is 0 Å². The number of hydrogen-bond donors (Lipinski definition) is 2. The maximum Gasteiger partial charge on any atom is 0.287 e. The van der Waals surface area contributed by atoms with Gasteiger partial charge in [0.1, 0.15) is 11.5 Å². The average molecular weight is 370 g/mol. The Labute approximate surface area is 157 Å². The SMILES string of the molecule is O=C(NC1CC1)c1nc(C(=O)NCCc2ccccc2F)n2c1CCCC2. The molecule has 2 aliphatic rings. The molecule has 1 fully saturated rings. The van der Waals surface area contributed by atoms with Gasteiger partial charge in [0, 0.05) is 19.1 Å². The van der Waals surface area contributed by atoms with E-state index in [1.54, 1.807) is 18.2 Å². The fraction of sp³-hybridized carbons (Fsp3) is 0.450. The van der Waals surface area contributed by atoms with Crippen molar-refractivity contribution in [2.45, 2.75) is 51.1 Å². The van der Waals surface area contributed by atoms with E-state index in [4.69, 9.17) is 0 Å². The number of nitrogens with one attached hydrogen (secondary N) is 2. The van der Waals surface area contributed by atoms with E-state index >= 15 is 0 Å². The summed E-state index contributed by atoms with van der Waals surface area (Å²) in [5.41, 5.74) is 1.78. The van der Waals surface area contributed by atoms with E-state index in [0.717, 1.165) is 37.8 Å². The Kier molecular flexibility index (Phi) is 4.92. The quantitative estimate of drug-likeness (QED) is 0.819. The maximum absolute atomic E-state index is 13.7. The largest absolute Gasteiger partial charge is 0.349 e. The van der Waals surface area contributed by atoms with Crippen LogP contribution in [-0.4, -0.2) is 34.0 Å². The molecule has 1 saturated carbocycles. The van der Waals surface area contributed by atoms with Crippen molar-refractivity contribution in [3.05, 3.63) is 52.9 Å². The maximum atomic E-state index is 13.7. The summed E-state index contributed by atoms with van der Waals surface area (Å²) >= 11 is 0. The summed E-state index contributed by atoms with van der Waals surface area (Å²) in [4.78, 5) is 29.5. The molecular weight excluding hydrogens is 347 g/mol. The van der Waals surface area contributed by atoms with Crippen molar-refractivity contribution in [2.75, 3.05) is 6.54 Å². The molecule has 0 bridgehead atoms. The number of imidazole rings is 1. The minimum Gasteiger partial charge on any atom is -0.349 e. The second kappa shape index (κ2) is 7.50. The van der Waals surface area contributed by atoms with Crippen molar-refractivity contribution in [3.63, 3.8) is 0 Å². The molecule has 1 aromatic heterocycles. The van der Waals surface area contributed by atoms with Gasteiger partial charge < -0.3 is 15.2 Å². The van der Waals surface area contributed by atoms with E-state index in [1.807, 2.05) is 4.57 Å². The average Bonchev–Trinajstić information content (AvgIpc) is 3.40. The van der Waals surface area contributed by atoms with Gasteiger partial charge in [-0.25, -0.2) is 9.37 Å². The van der Waals surface area contributed by atoms with Crippen LogP contribution in [0.25, 0.3) is 0 Å². The van der Waals surface area contributed by atoms with Crippen molar-refractivity contribution in [3.8, 4) is 0 Å². The number of carbonyl (C=O) groups excluding carboxylic acids is 2. The number of fused-ring (bicyclic) bond motifs is 1. The van der Waals surface area contributed by atoms with Crippen LogP contribution in [0.3, 0.4) is 0 Å². The Morgan fingerprint density at radius 3 is 2.78 bits per heavy atom. The molecule has 2 amide bonds. The van der Waals surface area contributed by atoms with Crippen LogP contribution in [0, 0.1) is 5.82 Å². The summed E-state index contributed by atoms with van der Waals surface area (Å²) in [6.07, 6.45) is 5.12. The highest BCUT2D eigenvalue weighted by atomic mass is 19.1. The number of nitrogens with zero attached hydrogens (tertiary/aromatic N) is 2. The van der Waals surface area contributed by atoms with Crippen molar-refractivity contribution in [1.82, 2.24) is 20.2 Å². The van der Waals surface area contributed by atoms with Crippen molar-refractivity contribution < 1.29 is 14.0 Å². The van der Waals surface area contributed by atoms with Gasteiger partial charge in [0.05, 0.1) is 5.69 Å². The summed E-state index contributed by atoms with van der Waals surface area (Å²) < 4.78 is 15.6. The zero-order valence-corrected chi connectivity index (χ0v) is 15.1. The van der Waals surface area contributed by atoms with Gasteiger partial charge in [-0.15, -0.1) is 0 Å². The molecular formula is C20H23FN4O2. The summed E-state index contributed by atoms with van der Waals surface area (Å²) in [7, 11) is 0. The van der Waals surface area contributed by atoms with E-state index < -0.39 is 0 Å². The third kappa shape index (κ3) is 3.86. The Balaban J connectivity index is 1.47. The van der Waals surface area contributed by atoms with Crippen molar-refractivity contribution in [2.24, 2.45) is 0 Å². The first-order valence-electron chi connectivity index (χ1n) is 9.55. The first kappa shape index (κ1) is 17.7. The molecule has 1 aliphatic carbocycles. The highest BCUT2D eigenvalue weighted by Gasteiger charge is 2.30. The molecule has 2 aromatic rings. The van der Waals surface area contributed by atoms with Crippen LogP contribution in [0.4, 0.5) is 4.39 Å². The Morgan fingerprint density at radius 1 is 1.19 bits per heavy atom.